The molecule has 1 amide bonds. The highest BCUT2D eigenvalue weighted by molar-refractivity contribution is 7.18. The van der Waals surface area contributed by atoms with Crippen LogP contribution in [0.25, 0.3) is 10.2 Å². The average Bonchev–Trinajstić information content (AvgIpc) is 3.31. The van der Waals surface area contributed by atoms with Crippen molar-refractivity contribution in [2.24, 2.45) is 5.92 Å². The monoisotopic (exact) mass is 422 g/mol. The van der Waals surface area contributed by atoms with Gasteiger partial charge in [-0.25, -0.2) is 4.98 Å². The molecule has 1 aromatic carbocycles. The summed E-state index contributed by atoms with van der Waals surface area (Å²) in [4.78, 5) is 36.6. The van der Waals surface area contributed by atoms with Gasteiger partial charge in [0.1, 0.15) is 10.7 Å². The molecule has 2 aromatic heterocycles. The minimum absolute atomic E-state index is 0.0291. The molecule has 0 unspecified atom stereocenters. The number of amides is 1. The van der Waals surface area contributed by atoms with E-state index in [1.54, 1.807) is 11.3 Å². The molecule has 1 saturated heterocycles. The third kappa shape index (κ3) is 3.41. The third-order valence-electron chi connectivity index (χ3n) is 6.23. The number of aromatic nitrogens is 2. The van der Waals surface area contributed by atoms with Gasteiger partial charge in [0, 0.05) is 29.2 Å². The van der Waals surface area contributed by atoms with Gasteiger partial charge in [0.05, 0.1) is 11.4 Å². The number of nitrogens with one attached hydrogen (secondary N) is 2. The first-order valence-electron chi connectivity index (χ1n) is 10.7. The molecule has 3 heterocycles. The van der Waals surface area contributed by atoms with Gasteiger partial charge in [-0.2, -0.15) is 0 Å². The Morgan fingerprint density at radius 2 is 2.03 bits per heavy atom. The molecule has 0 bridgehead atoms. The SMILES string of the molecule is C[C@H]1CCc2c(sc3nc([C@H](C)Nc4ccc(N5CCCC5=O)cc4)[nH]c(=O)c23)C1. The van der Waals surface area contributed by atoms with Crippen molar-refractivity contribution in [3.63, 3.8) is 0 Å². The first-order chi connectivity index (χ1) is 14.5. The van der Waals surface area contributed by atoms with Crippen LogP contribution in [0.15, 0.2) is 29.1 Å². The minimum Gasteiger partial charge on any atom is -0.375 e. The number of nitrogens with zero attached hydrogens (tertiary/aromatic N) is 2. The number of H-pyrrole nitrogens is 1. The summed E-state index contributed by atoms with van der Waals surface area (Å²) in [6, 6.07) is 7.73. The molecule has 5 rings (SSSR count). The van der Waals surface area contributed by atoms with E-state index < -0.39 is 0 Å². The van der Waals surface area contributed by atoms with E-state index in [0.29, 0.717) is 18.2 Å². The molecule has 0 saturated carbocycles. The van der Waals surface area contributed by atoms with Gasteiger partial charge in [0.2, 0.25) is 5.91 Å². The van der Waals surface area contributed by atoms with Crippen LogP contribution in [0.2, 0.25) is 0 Å². The van der Waals surface area contributed by atoms with Crippen molar-refractivity contribution in [3.8, 4) is 0 Å². The van der Waals surface area contributed by atoms with Crippen LogP contribution in [0.1, 0.15) is 55.4 Å². The predicted molar refractivity (Wildman–Crippen MR) is 121 cm³/mol. The van der Waals surface area contributed by atoms with E-state index >= 15 is 0 Å². The molecule has 7 heteroatoms. The number of hydrogen-bond acceptors (Lipinski definition) is 5. The first kappa shape index (κ1) is 19.3. The van der Waals surface area contributed by atoms with Gasteiger partial charge < -0.3 is 15.2 Å². The largest absolute Gasteiger partial charge is 0.375 e. The second kappa shape index (κ2) is 7.54. The van der Waals surface area contributed by atoms with Crippen molar-refractivity contribution in [2.45, 2.75) is 52.0 Å². The molecule has 0 spiro atoms. The second-order valence-electron chi connectivity index (χ2n) is 8.54. The summed E-state index contributed by atoms with van der Waals surface area (Å²) >= 11 is 1.68. The number of rotatable bonds is 4. The van der Waals surface area contributed by atoms with E-state index in [0.717, 1.165) is 53.8 Å². The van der Waals surface area contributed by atoms with Gasteiger partial charge in [-0.3, -0.25) is 9.59 Å². The molecular weight excluding hydrogens is 396 g/mol. The second-order valence-corrected chi connectivity index (χ2v) is 9.63. The summed E-state index contributed by atoms with van der Waals surface area (Å²) in [6.45, 7) is 5.06. The highest BCUT2D eigenvalue weighted by Gasteiger charge is 2.24. The normalized spacial score (nSPS) is 19.9. The van der Waals surface area contributed by atoms with Gasteiger partial charge in [0.15, 0.2) is 0 Å². The number of aromatic amines is 1. The number of aryl methyl sites for hydroxylation is 1. The van der Waals surface area contributed by atoms with Crippen LogP contribution >= 0.6 is 11.3 Å². The lowest BCUT2D eigenvalue weighted by Crippen LogP contribution is -2.23. The quantitative estimate of drug-likeness (QED) is 0.653. The highest BCUT2D eigenvalue weighted by atomic mass is 32.1. The maximum absolute atomic E-state index is 12.8. The molecular formula is C23H26N4O2S. The lowest BCUT2D eigenvalue weighted by atomic mass is 9.89. The summed E-state index contributed by atoms with van der Waals surface area (Å²) in [5.74, 6) is 1.51. The summed E-state index contributed by atoms with van der Waals surface area (Å²) < 4.78 is 0. The van der Waals surface area contributed by atoms with E-state index in [9.17, 15) is 9.59 Å². The fourth-order valence-corrected chi connectivity index (χ4v) is 5.94. The van der Waals surface area contributed by atoms with Crippen molar-refractivity contribution in [3.05, 3.63) is 50.9 Å². The number of carbonyl (C=O) groups excluding carboxylic acids is 1. The molecule has 2 atom stereocenters. The molecule has 0 radical (unpaired) electrons. The van der Waals surface area contributed by atoms with Crippen LogP contribution < -0.4 is 15.8 Å². The average molecular weight is 423 g/mol. The molecule has 1 aliphatic carbocycles. The first-order valence-corrected chi connectivity index (χ1v) is 11.5. The van der Waals surface area contributed by atoms with Crippen LogP contribution in [0.3, 0.4) is 0 Å². The number of anilines is 2. The Labute approximate surface area is 179 Å². The van der Waals surface area contributed by atoms with Gasteiger partial charge in [-0.1, -0.05) is 6.92 Å². The Balaban J connectivity index is 1.38. The fraction of sp³-hybridized carbons (Fsp3) is 0.435. The number of hydrogen-bond donors (Lipinski definition) is 2. The zero-order valence-corrected chi connectivity index (χ0v) is 18.1. The van der Waals surface area contributed by atoms with Gasteiger partial charge >= 0.3 is 0 Å². The predicted octanol–water partition coefficient (Wildman–Crippen LogP) is 4.41. The fourth-order valence-electron chi connectivity index (χ4n) is 4.55. The number of benzene rings is 1. The summed E-state index contributed by atoms with van der Waals surface area (Å²) in [7, 11) is 0. The third-order valence-corrected chi connectivity index (χ3v) is 7.38. The molecule has 156 valence electrons. The minimum atomic E-state index is -0.139. The van der Waals surface area contributed by atoms with E-state index in [1.807, 2.05) is 36.1 Å². The number of carbonyl (C=O) groups is 1. The van der Waals surface area contributed by atoms with E-state index in [2.05, 4.69) is 17.2 Å². The zero-order valence-electron chi connectivity index (χ0n) is 17.3. The van der Waals surface area contributed by atoms with E-state index in [-0.39, 0.29) is 17.5 Å². The Bertz CT molecular complexity index is 1160. The molecule has 6 nitrogen and oxygen atoms in total. The Kier molecular flexibility index (Phi) is 4.85. The van der Waals surface area contributed by atoms with Crippen LogP contribution in [0, 0.1) is 5.92 Å². The molecule has 3 aromatic rings. The lowest BCUT2D eigenvalue weighted by Gasteiger charge is -2.18. The van der Waals surface area contributed by atoms with Crippen LogP contribution in [0.5, 0.6) is 0 Å². The van der Waals surface area contributed by atoms with Crippen LogP contribution in [0.4, 0.5) is 11.4 Å². The zero-order chi connectivity index (χ0) is 20.8. The van der Waals surface area contributed by atoms with Crippen molar-refractivity contribution in [2.75, 3.05) is 16.8 Å². The number of thiophene rings is 1. The standard InChI is InChI=1S/C23H26N4O2S/c1-13-5-10-17-18(12-13)30-23-20(17)22(29)25-21(26-23)14(2)24-15-6-8-16(9-7-15)27-11-3-4-19(27)28/h6-9,13-14,24H,3-5,10-12H2,1-2H3,(H,25,26,29)/t13-,14-/m0/s1. The molecule has 2 N–H and O–H groups in total. The molecule has 1 fully saturated rings. The van der Waals surface area contributed by atoms with Crippen LogP contribution in [-0.4, -0.2) is 22.4 Å². The number of fused-ring (bicyclic) bond motifs is 3. The van der Waals surface area contributed by atoms with Crippen molar-refractivity contribution in [1.82, 2.24) is 9.97 Å². The van der Waals surface area contributed by atoms with Gasteiger partial charge in [-0.15, -0.1) is 11.3 Å². The molecule has 30 heavy (non-hydrogen) atoms. The highest BCUT2D eigenvalue weighted by Crippen LogP contribution is 2.36. The Morgan fingerprint density at radius 1 is 1.23 bits per heavy atom. The van der Waals surface area contributed by atoms with Crippen molar-refractivity contribution >= 4 is 38.8 Å². The van der Waals surface area contributed by atoms with Crippen molar-refractivity contribution < 1.29 is 4.79 Å². The summed E-state index contributed by atoms with van der Waals surface area (Å²) in [5, 5.41) is 4.21. The van der Waals surface area contributed by atoms with E-state index in [4.69, 9.17) is 4.98 Å². The smallest absolute Gasteiger partial charge is 0.259 e. The summed E-state index contributed by atoms with van der Waals surface area (Å²) in [5.41, 5.74) is 3.04. The molecule has 1 aliphatic heterocycles. The lowest BCUT2D eigenvalue weighted by molar-refractivity contribution is -0.117. The molecule has 2 aliphatic rings. The van der Waals surface area contributed by atoms with Crippen molar-refractivity contribution in [1.29, 1.82) is 0 Å². The van der Waals surface area contributed by atoms with Gasteiger partial charge in [0.25, 0.3) is 5.56 Å². The Hall–Kier alpha value is -2.67. The topological polar surface area (TPSA) is 78.1 Å². The maximum Gasteiger partial charge on any atom is 0.259 e. The Morgan fingerprint density at radius 3 is 2.77 bits per heavy atom. The van der Waals surface area contributed by atoms with Gasteiger partial charge in [-0.05, 0) is 68.4 Å². The maximum atomic E-state index is 12.8. The van der Waals surface area contributed by atoms with E-state index in [1.165, 1.54) is 10.4 Å². The summed E-state index contributed by atoms with van der Waals surface area (Å²) in [6.07, 6.45) is 4.70. The van der Waals surface area contributed by atoms with Crippen LogP contribution in [-0.2, 0) is 17.6 Å².